The molecule has 0 saturated carbocycles. The van der Waals surface area contributed by atoms with Crippen LogP contribution in [0.2, 0.25) is 0 Å². The molecular weight excluding hydrogens is 248 g/mol. The molecule has 2 aromatic rings. The highest BCUT2D eigenvalue weighted by Crippen LogP contribution is 2.26. The normalized spacial score (nSPS) is 18.6. The molecule has 1 aliphatic rings. The van der Waals surface area contributed by atoms with E-state index < -0.39 is 5.97 Å². The molecule has 19 heavy (non-hydrogen) atoms. The molecule has 1 aromatic heterocycles. The summed E-state index contributed by atoms with van der Waals surface area (Å²) in [5, 5.41) is 12.7. The number of carboxylic acids is 1. The Morgan fingerprint density at radius 2 is 2.11 bits per heavy atom. The number of rotatable bonds is 3. The van der Waals surface area contributed by atoms with Crippen molar-refractivity contribution in [1.82, 2.24) is 10.1 Å². The van der Waals surface area contributed by atoms with Crippen LogP contribution in [0, 0.1) is 0 Å². The van der Waals surface area contributed by atoms with E-state index in [-0.39, 0.29) is 11.5 Å². The van der Waals surface area contributed by atoms with Crippen LogP contribution >= 0.6 is 0 Å². The Bertz CT molecular complexity index is 585. The molecule has 0 radical (unpaired) electrons. The smallest absolute Gasteiger partial charge is 0.335 e. The molecule has 98 valence electrons. The Labute approximate surface area is 109 Å². The monoisotopic (exact) mass is 260 g/mol. The van der Waals surface area contributed by atoms with Gasteiger partial charge in [0.25, 0.3) is 0 Å². The summed E-state index contributed by atoms with van der Waals surface area (Å²) in [7, 11) is 0. The van der Waals surface area contributed by atoms with Crippen LogP contribution in [0.1, 0.15) is 28.6 Å². The summed E-state index contributed by atoms with van der Waals surface area (Å²) in [5.74, 6) is 0.261. The fourth-order valence-corrected chi connectivity index (χ4v) is 2.01. The molecule has 0 spiro atoms. The topological polar surface area (TPSA) is 85.5 Å². The predicted molar refractivity (Wildman–Crippen MR) is 64.9 cm³/mol. The van der Waals surface area contributed by atoms with E-state index in [2.05, 4.69) is 10.1 Å². The van der Waals surface area contributed by atoms with Gasteiger partial charge in [0, 0.05) is 12.2 Å². The minimum absolute atomic E-state index is 0.166. The maximum absolute atomic E-state index is 10.8. The van der Waals surface area contributed by atoms with Crippen molar-refractivity contribution in [2.24, 2.45) is 0 Å². The highest BCUT2D eigenvalue weighted by Gasteiger charge is 2.24. The van der Waals surface area contributed by atoms with Gasteiger partial charge in [0.1, 0.15) is 0 Å². The molecule has 1 unspecified atom stereocenters. The van der Waals surface area contributed by atoms with Crippen LogP contribution in [-0.2, 0) is 4.74 Å². The van der Waals surface area contributed by atoms with Gasteiger partial charge in [-0.15, -0.1) is 0 Å². The van der Waals surface area contributed by atoms with Crippen molar-refractivity contribution in [2.45, 2.75) is 12.3 Å². The van der Waals surface area contributed by atoms with E-state index in [1.54, 1.807) is 12.1 Å². The first kappa shape index (κ1) is 11.9. The van der Waals surface area contributed by atoms with E-state index in [0.29, 0.717) is 18.3 Å². The fourth-order valence-electron chi connectivity index (χ4n) is 2.01. The Balaban J connectivity index is 1.83. The lowest BCUT2D eigenvalue weighted by molar-refractivity contribution is 0.0697. The van der Waals surface area contributed by atoms with Crippen molar-refractivity contribution in [2.75, 3.05) is 13.2 Å². The molecule has 1 atom stereocenters. The molecule has 1 N–H and O–H groups in total. The standard InChI is InChI=1S/C13H12N2O4/c16-13(17)9-3-1-8(2-4-9)11-14-12(19-15-11)10-5-6-18-7-10/h1-4,10H,5-7H2,(H,16,17). The molecule has 1 aliphatic heterocycles. The van der Waals surface area contributed by atoms with E-state index in [9.17, 15) is 4.79 Å². The van der Waals surface area contributed by atoms with Crippen LogP contribution in [0.25, 0.3) is 11.4 Å². The average molecular weight is 260 g/mol. The third kappa shape index (κ3) is 2.34. The second-order valence-corrected chi connectivity index (χ2v) is 4.40. The highest BCUT2D eigenvalue weighted by molar-refractivity contribution is 5.88. The second-order valence-electron chi connectivity index (χ2n) is 4.40. The molecule has 1 aromatic carbocycles. The first-order chi connectivity index (χ1) is 9.24. The first-order valence-electron chi connectivity index (χ1n) is 5.99. The Morgan fingerprint density at radius 1 is 1.32 bits per heavy atom. The van der Waals surface area contributed by atoms with Crippen LogP contribution in [0.3, 0.4) is 0 Å². The predicted octanol–water partition coefficient (Wildman–Crippen LogP) is 1.94. The van der Waals surface area contributed by atoms with Gasteiger partial charge in [0.2, 0.25) is 11.7 Å². The third-order valence-electron chi connectivity index (χ3n) is 3.11. The lowest BCUT2D eigenvalue weighted by atomic mass is 10.1. The Hall–Kier alpha value is -2.21. The Morgan fingerprint density at radius 3 is 2.74 bits per heavy atom. The lowest BCUT2D eigenvalue weighted by Gasteiger charge is -1.98. The molecule has 0 aliphatic carbocycles. The highest BCUT2D eigenvalue weighted by atomic mass is 16.5. The van der Waals surface area contributed by atoms with Crippen LogP contribution in [0.4, 0.5) is 0 Å². The van der Waals surface area contributed by atoms with Crippen LogP contribution in [0.5, 0.6) is 0 Å². The van der Waals surface area contributed by atoms with Gasteiger partial charge in [-0.2, -0.15) is 4.98 Å². The number of ether oxygens (including phenoxy) is 1. The van der Waals surface area contributed by atoms with Crippen molar-refractivity contribution in [3.05, 3.63) is 35.7 Å². The van der Waals surface area contributed by atoms with Gasteiger partial charge in [-0.1, -0.05) is 17.3 Å². The van der Waals surface area contributed by atoms with Crippen LogP contribution < -0.4 is 0 Å². The number of carbonyl (C=O) groups is 1. The van der Waals surface area contributed by atoms with E-state index in [0.717, 1.165) is 18.6 Å². The number of hydrogen-bond acceptors (Lipinski definition) is 5. The largest absolute Gasteiger partial charge is 0.478 e. The van der Waals surface area contributed by atoms with E-state index >= 15 is 0 Å². The number of aromatic carboxylic acids is 1. The van der Waals surface area contributed by atoms with Crippen molar-refractivity contribution >= 4 is 5.97 Å². The molecule has 6 heteroatoms. The number of aromatic nitrogens is 2. The van der Waals surface area contributed by atoms with Crippen molar-refractivity contribution in [3.63, 3.8) is 0 Å². The van der Waals surface area contributed by atoms with Gasteiger partial charge in [0.05, 0.1) is 18.1 Å². The number of benzene rings is 1. The minimum atomic E-state index is -0.955. The molecule has 1 fully saturated rings. The summed E-state index contributed by atoms with van der Waals surface area (Å²) >= 11 is 0. The van der Waals surface area contributed by atoms with Crippen molar-refractivity contribution in [1.29, 1.82) is 0 Å². The van der Waals surface area contributed by atoms with E-state index in [4.69, 9.17) is 14.4 Å². The van der Waals surface area contributed by atoms with Crippen LogP contribution in [0.15, 0.2) is 28.8 Å². The van der Waals surface area contributed by atoms with Crippen molar-refractivity contribution < 1.29 is 19.2 Å². The quantitative estimate of drug-likeness (QED) is 0.907. The zero-order valence-electron chi connectivity index (χ0n) is 10.1. The summed E-state index contributed by atoms with van der Waals surface area (Å²) in [6.07, 6.45) is 0.888. The summed E-state index contributed by atoms with van der Waals surface area (Å²) in [6.45, 7) is 1.33. The van der Waals surface area contributed by atoms with Crippen molar-refractivity contribution in [3.8, 4) is 11.4 Å². The van der Waals surface area contributed by atoms with Gasteiger partial charge in [0.15, 0.2) is 0 Å². The van der Waals surface area contributed by atoms with E-state index in [1.165, 1.54) is 12.1 Å². The van der Waals surface area contributed by atoms with E-state index in [1.807, 2.05) is 0 Å². The van der Waals surface area contributed by atoms with Gasteiger partial charge in [-0.05, 0) is 18.6 Å². The zero-order chi connectivity index (χ0) is 13.2. The third-order valence-corrected chi connectivity index (χ3v) is 3.11. The summed E-state index contributed by atoms with van der Waals surface area (Å²) in [6, 6.07) is 6.38. The SMILES string of the molecule is O=C(O)c1ccc(-c2noc(C3CCOC3)n2)cc1. The van der Waals surface area contributed by atoms with Gasteiger partial charge in [-0.3, -0.25) is 0 Å². The first-order valence-corrected chi connectivity index (χ1v) is 5.99. The number of nitrogens with zero attached hydrogens (tertiary/aromatic N) is 2. The molecular formula is C13H12N2O4. The average Bonchev–Trinajstić information content (AvgIpc) is 3.10. The van der Waals surface area contributed by atoms with Crippen LogP contribution in [-0.4, -0.2) is 34.4 Å². The Kier molecular flexibility index (Phi) is 3.00. The number of carboxylic acid groups (broad SMARTS) is 1. The summed E-state index contributed by atoms with van der Waals surface area (Å²) in [4.78, 5) is 15.1. The maximum Gasteiger partial charge on any atom is 0.335 e. The van der Waals surface area contributed by atoms with Gasteiger partial charge in [-0.25, -0.2) is 4.79 Å². The molecule has 1 saturated heterocycles. The lowest BCUT2D eigenvalue weighted by Crippen LogP contribution is -1.97. The molecule has 3 rings (SSSR count). The second kappa shape index (κ2) is 4.81. The fraction of sp³-hybridized carbons (Fsp3) is 0.308. The molecule has 2 heterocycles. The van der Waals surface area contributed by atoms with Gasteiger partial charge < -0.3 is 14.4 Å². The zero-order valence-corrected chi connectivity index (χ0v) is 10.1. The maximum atomic E-state index is 10.8. The summed E-state index contributed by atoms with van der Waals surface area (Å²) < 4.78 is 10.5. The molecule has 6 nitrogen and oxygen atoms in total. The minimum Gasteiger partial charge on any atom is -0.478 e. The number of hydrogen-bond donors (Lipinski definition) is 1. The summed E-state index contributed by atoms with van der Waals surface area (Å²) in [5.41, 5.74) is 0.968. The molecule has 0 bridgehead atoms. The molecule has 0 amide bonds. The van der Waals surface area contributed by atoms with Gasteiger partial charge >= 0.3 is 5.97 Å².